The van der Waals surface area contributed by atoms with Crippen molar-refractivity contribution in [1.82, 2.24) is 10.2 Å². The lowest BCUT2D eigenvalue weighted by atomic mass is 9.84. The Kier molecular flexibility index (Phi) is 9.65. The van der Waals surface area contributed by atoms with Crippen LogP contribution in [0.25, 0.3) is 0 Å². The van der Waals surface area contributed by atoms with Crippen molar-refractivity contribution >= 4 is 59.1 Å². The lowest BCUT2D eigenvalue weighted by molar-refractivity contribution is -0.146. The molecule has 1 heterocycles. The van der Waals surface area contributed by atoms with E-state index in [1.165, 1.54) is 7.11 Å². The zero-order valence-corrected chi connectivity index (χ0v) is 20.1. The third kappa shape index (κ3) is 6.39. The molecule has 8 heteroatoms. The fraction of sp³-hybridized carbons (Fsp3) is 0.579. The number of nitrogens with one attached hydrogen (secondary N) is 1. The van der Waals surface area contributed by atoms with Gasteiger partial charge in [-0.15, -0.1) is 24.0 Å². The maximum atomic E-state index is 11.7. The average molecular weight is 528 g/mol. The van der Waals surface area contributed by atoms with Crippen LogP contribution in [0.3, 0.4) is 0 Å². The number of hydrogen-bond donors (Lipinski definition) is 1. The lowest BCUT2D eigenvalue weighted by Gasteiger charge is -2.35. The van der Waals surface area contributed by atoms with E-state index >= 15 is 0 Å². The molecule has 0 atom stereocenters. The Morgan fingerprint density at radius 3 is 2.44 bits per heavy atom. The summed E-state index contributed by atoms with van der Waals surface area (Å²) in [6.45, 7) is 6.57. The number of aliphatic imine (C=N–C) groups is 1. The number of methoxy groups -OCH3 is 1. The predicted octanol–water partition coefficient (Wildman–Crippen LogP) is 4.35. The first-order chi connectivity index (χ1) is 12.3. The molecule has 1 aromatic carbocycles. The van der Waals surface area contributed by atoms with Crippen molar-refractivity contribution < 1.29 is 9.53 Å². The van der Waals surface area contributed by atoms with Crippen molar-refractivity contribution in [3.8, 4) is 0 Å². The molecule has 1 N–H and O–H groups in total. The number of nitrogens with zero attached hydrogens (tertiary/aromatic N) is 2. The number of carbonyl (C=O) groups excluding carboxylic acids is 1. The second kappa shape index (κ2) is 10.7. The van der Waals surface area contributed by atoms with E-state index in [1.54, 1.807) is 7.05 Å². The molecule has 1 aromatic rings. The quantitative estimate of drug-likeness (QED) is 0.274. The van der Waals surface area contributed by atoms with Gasteiger partial charge in [-0.25, -0.2) is 0 Å². The minimum atomic E-state index is -0.144. The van der Waals surface area contributed by atoms with Crippen LogP contribution in [0.2, 0.25) is 10.0 Å². The maximum absolute atomic E-state index is 11.7. The van der Waals surface area contributed by atoms with Gasteiger partial charge in [-0.2, -0.15) is 0 Å². The van der Waals surface area contributed by atoms with Gasteiger partial charge in [0, 0.05) is 32.1 Å². The van der Waals surface area contributed by atoms with Crippen molar-refractivity contribution in [2.75, 3.05) is 33.8 Å². The van der Waals surface area contributed by atoms with Crippen molar-refractivity contribution in [3.05, 3.63) is 33.8 Å². The van der Waals surface area contributed by atoms with E-state index < -0.39 is 0 Å². The molecule has 1 saturated heterocycles. The fourth-order valence-electron chi connectivity index (χ4n) is 3.15. The number of piperidine rings is 1. The summed E-state index contributed by atoms with van der Waals surface area (Å²) in [5.41, 5.74) is 0.966. The third-order valence-electron chi connectivity index (χ3n) is 4.93. The molecule has 1 aliphatic heterocycles. The van der Waals surface area contributed by atoms with Gasteiger partial charge in [0.15, 0.2) is 5.96 Å². The summed E-state index contributed by atoms with van der Waals surface area (Å²) in [7, 11) is 3.22. The minimum Gasteiger partial charge on any atom is -0.469 e. The number of rotatable bonds is 4. The highest BCUT2D eigenvalue weighted by molar-refractivity contribution is 14.0. The van der Waals surface area contributed by atoms with E-state index in [4.69, 9.17) is 27.9 Å². The molecule has 152 valence electrons. The molecule has 27 heavy (non-hydrogen) atoms. The fourth-order valence-corrected chi connectivity index (χ4v) is 3.44. The Morgan fingerprint density at radius 2 is 1.93 bits per heavy atom. The second-order valence-electron chi connectivity index (χ2n) is 7.20. The molecule has 5 nitrogen and oxygen atoms in total. The average Bonchev–Trinajstić information content (AvgIpc) is 2.64. The van der Waals surface area contributed by atoms with Gasteiger partial charge in [0.2, 0.25) is 0 Å². The number of halogens is 3. The summed E-state index contributed by atoms with van der Waals surface area (Å²) in [4.78, 5) is 18.3. The monoisotopic (exact) mass is 527 g/mol. The first-order valence-corrected chi connectivity index (χ1v) is 9.53. The molecular formula is C19H28Cl2IN3O2. The van der Waals surface area contributed by atoms with Crippen molar-refractivity contribution in [3.63, 3.8) is 0 Å². The molecule has 0 unspecified atom stereocenters. The van der Waals surface area contributed by atoms with Crippen LogP contribution in [0, 0.1) is 5.92 Å². The van der Waals surface area contributed by atoms with Crippen LogP contribution in [0.5, 0.6) is 0 Å². The molecular weight excluding hydrogens is 500 g/mol. The highest BCUT2D eigenvalue weighted by atomic mass is 127. The van der Waals surface area contributed by atoms with Crippen LogP contribution in [-0.4, -0.2) is 50.6 Å². The molecule has 0 bridgehead atoms. The van der Waals surface area contributed by atoms with Crippen LogP contribution < -0.4 is 5.32 Å². The molecule has 0 aromatic heterocycles. The zero-order valence-electron chi connectivity index (χ0n) is 16.2. The SMILES string of the molecule is CN=C(NCC(C)(C)c1ccc(Cl)c(Cl)c1)N1CCC(C(=O)OC)CC1.I. The first-order valence-electron chi connectivity index (χ1n) is 8.77. The normalized spacial score (nSPS) is 15.9. The van der Waals surface area contributed by atoms with Crippen molar-refractivity contribution in [2.24, 2.45) is 10.9 Å². The van der Waals surface area contributed by atoms with Gasteiger partial charge in [0.05, 0.1) is 23.1 Å². The Balaban J connectivity index is 0.00000364. The summed E-state index contributed by atoms with van der Waals surface area (Å²) in [6, 6.07) is 5.74. The number of likely N-dealkylation sites (tertiary alicyclic amines) is 1. The van der Waals surface area contributed by atoms with Crippen LogP contribution in [-0.2, 0) is 14.9 Å². The molecule has 2 rings (SSSR count). The van der Waals surface area contributed by atoms with Gasteiger partial charge in [-0.1, -0.05) is 43.1 Å². The van der Waals surface area contributed by atoms with Crippen molar-refractivity contribution in [2.45, 2.75) is 32.1 Å². The second-order valence-corrected chi connectivity index (χ2v) is 8.01. The van der Waals surface area contributed by atoms with E-state index in [-0.39, 0.29) is 41.3 Å². The van der Waals surface area contributed by atoms with E-state index in [0.29, 0.717) is 16.6 Å². The van der Waals surface area contributed by atoms with Gasteiger partial charge in [-0.05, 0) is 30.5 Å². The lowest BCUT2D eigenvalue weighted by Crippen LogP contribution is -2.49. The standard InChI is InChI=1S/C19H27Cl2N3O2.HI/c1-19(2,14-5-6-15(20)16(21)11-14)12-23-18(22-3)24-9-7-13(8-10-24)17(25)26-4;/h5-6,11,13H,7-10,12H2,1-4H3,(H,22,23);1H. The van der Waals surface area contributed by atoms with Crippen LogP contribution in [0.15, 0.2) is 23.2 Å². The van der Waals surface area contributed by atoms with Crippen LogP contribution in [0.4, 0.5) is 0 Å². The van der Waals surface area contributed by atoms with Gasteiger partial charge in [-0.3, -0.25) is 9.79 Å². The number of esters is 1. The van der Waals surface area contributed by atoms with E-state index in [9.17, 15) is 4.79 Å². The maximum Gasteiger partial charge on any atom is 0.308 e. The number of carbonyl (C=O) groups is 1. The summed E-state index contributed by atoms with van der Waals surface area (Å²) in [5.74, 6) is 0.719. The molecule has 0 spiro atoms. The molecule has 0 radical (unpaired) electrons. The smallest absolute Gasteiger partial charge is 0.308 e. The van der Waals surface area contributed by atoms with Gasteiger partial charge in [0.1, 0.15) is 0 Å². The molecule has 0 amide bonds. The Morgan fingerprint density at radius 1 is 1.30 bits per heavy atom. The minimum absolute atomic E-state index is 0. The molecule has 1 fully saturated rings. The Bertz CT molecular complexity index is 675. The summed E-state index contributed by atoms with van der Waals surface area (Å²) in [6.07, 6.45) is 1.56. The number of ether oxygens (including phenoxy) is 1. The largest absolute Gasteiger partial charge is 0.469 e. The predicted molar refractivity (Wildman–Crippen MR) is 123 cm³/mol. The molecule has 1 aliphatic rings. The molecule has 0 aliphatic carbocycles. The summed E-state index contributed by atoms with van der Waals surface area (Å²) < 4.78 is 4.85. The van der Waals surface area contributed by atoms with Gasteiger partial charge < -0.3 is 15.0 Å². The zero-order chi connectivity index (χ0) is 19.3. The first kappa shape index (κ1) is 24.3. The highest BCUT2D eigenvalue weighted by Crippen LogP contribution is 2.29. The van der Waals surface area contributed by atoms with Crippen molar-refractivity contribution in [1.29, 1.82) is 0 Å². The topological polar surface area (TPSA) is 53.9 Å². The highest BCUT2D eigenvalue weighted by Gasteiger charge is 2.28. The number of guanidine groups is 1. The molecule has 0 saturated carbocycles. The number of hydrogen-bond acceptors (Lipinski definition) is 3. The van der Waals surface area contributed by atoms with Gasteiger partial charge in [0.25, 0.3) is 0 Å². The van der Waals surface area contributed by atoms with Gasteiger partial charge >= 0.3 is 5.97 Å². The van der Waals surface area contributed by atoms with E-state index in [1.807, 2.05) is 18.2 Å². The van der Waals surface area contributed by atoms with E-state index in [0.717, 1.165) is 37.5 Å². The van der Waals surface area contributed by atoms with Crippen LogP contribution >= 0.6 is 47.2 Å². The Hall–Kier alpha value is -0.730. The summed E-state index contributed by atoms with van der Waals surface area (Å²) >= 11 is 12.2. The van der Waals surface area contributed by atoms with E-state index in [2.05, 4.69) is 29.1 Å². The Labute approximate surface area is 188 Å². The van der Waals surface area contributed by atoms with Crippen LogP contribution in [0.1, 0.15) is 32.3 Å². The third-order valence-corrected chi connectivity index (χ3v) is 5.67. The summed E-state index contributed by atoms with van der Waals surface area (Å²) in [5, 5.41) is 4.57. The number of benzene rings is 1.